The van der Waals surface area contributed by atoms with E-state index in [1.165, 1.54) is 11.3 Å². The quantitative estimate of drug-likeness (QED) is 0.659. The summed E-state index contributed by atoms with van der Waals surface area (Å²) >= 11 is 1.26. The van der Waals surface area contributed by atoms with Gasteiger partial charge in [0, 0.05) is 5.38 Å². The number of allylic oxidation sites excluding steroid dienone is 2. The zero-order chi connectivity index (χ0) is 18.3. The highest BCUT2D eigenvalue weighted by Gasteiger charge is 2.47. The van der Waals surface area contributed by atoms with E-state index in [1.54, 1.807) is 5.38 Å². The molecule has 0 aromatic carbocycles. The number of nitrogens with zero attached hydrogens (tertiary/aromatic N) is 2. The summed E-state index contributed by atoms with van der Waals surface area (Å²) in [6.45, 7) is 1.56. The first-order valence-corrected chi connectivity index (χ1v) is 9.23. The van der Waals surface area contributed by atoms with Gasteiger partial charge in [0.15, 0.2) is 10.9 Å². The monoisotopic (exact) mass is 371 g/mol. The fraction of sp³-hybridized carbons (Fsp3) is 0.333. The fourth-order valence-electron chi connectivity index (χ4n) is 3.34. The van der Waals surface area contributed by atoms with Crippen LogP contribution in [0.2, 0.25) is 0 Å². The number of fused-ring (bicyclic) bond motifs is 1. The van der Waals surface area contributed by atoms with E-state index in [0.717, 1.165) is 10.7 Å². The Morgan fingerprint density at radius 2 is 1.96 bits per heavy atom. The molecule has 0 radical (unpaired) electrons. The van der Waals surface area contributed by atoms with Crippen LogP contribution in [0.4, 0.5) is 5.13 Å². The molecule has 0 saturated carbocycles. The zero-order valence-electron chi connectivity index (χ0n) is 14.1. The number of aryl methyl sites for hydroxylation is 1. The van der Waals surface area contributed by atoms with Gasteiger partial charge in [-0.3, -0.25) is 19.3 Å². The molecule has 0 spiro atoms. The molecule has 2 aromatic heterocycles. The molecule has 7 nitrogen and oxygen atoms in total. The molecule has 2 aromatic rings. The Labute approximate surface area is 153 Å². The lowest BCUT2D eigenvalue weighted by Crippen LogP contribution is -2.38. The second kappa shape index (κ2) is 6.53. The lowest BCUT2D eigenvalue weighted by Gasteiger charge is -2.14. The summed E-state index contributed by atoms with van der Waals surface area (Å²) in [7, 11) is 0. The number of aromatic nitrogens is 1. The van der Waals surface area contributed by atoms with Gasteiger partial charge in [0.1, 0.15) is 18.0 Å². The number of hydrogen-bond donors (Lipinski definition) is 1. The van der Waals surface area contributed by atoms with Crippen LogP contribution in [0.25, 0.3) is 11.5 Å². The molecule has 2 unspecified atom stereocenters. The fourth-order valence-corrected chi connectivity index (χ4v) is 4.06. The number of carbonyl (C=O) groups excluding carboxylic acids is 3. The number of carbonyl (C=O) groups is 3. The van der Waals surface area contributed by atoms with E-state index in [2.05, 4.69) is 10.3 Å². The van der Waals surface area contributed by atoms with E-state index in [1.807, 2.05) is 31.2 Å². The van der Waals surface area contributed by atoms with Crippen molar-refractivity contribution >= 4 is 34.2 Å². The number of nitrogens with one attached hydrogen (secondary N) is 1. The predicted octanol–water partition coefficient (Wildman–Crippen LogP) is 2.60. The van der Waals surface area contributed by atoms with E-state index < -0.39 is 5.91 Å². The highest BCUT2D eigenvalue weighted by atomic mass is 32.1. The molecule has 1 fully saturated rings. The highest BCUT2D eigenvalue weighted by Crippen LogP contribution is 2.35. The maximum absolute atomic E-state index is 12.4. The van der Waals surface area contributed by atoms with Gasteiger partial charge in [0.05, 0.1) is 11.8 Å². The van der Waals surface area contributed by atoms with Crippen LogP contribution in [0, 0.1) is 18.8 Å². The summed E-state index contributed by atoms with van der Waals surface area (Å²) in [5, 5.41) is 4.83. The molecule has 1 N–H and O–H groups in total. The number of rotatable bonds is 4. The standard InChI is InChI=1S/C18H17N3O4S/c1-10-6-7-14(25-10)13-9-26-18(19-13)20-15(22)8-21-16(23)11-4-2-3-5-12(11)17(21)24/h2-3,6-7,9,11-12H,4-5,8H2,1H3,(H,19,20,22). The minimum absolute atomic E-state index is 0.259. The Bertz CT molecular complexity index is 887. The van der Waals surface area contributed by atoms with Crippen molar-refractivity contribution in [1.29, 1.82) is 0 Å². The summed E-state index contributed by atoms with van der Waals surface area (Å²) in [5.41, 5.74) is 0.629. The summed E-state index contributed by atoms with van der Waals surface area (Å²) in [6.07, 6.45) is 4.96. The predicted molar refractivity (Wildman–Crippen MR) is 95.3 cm³/mol. The third-order valence-electron chi connectivity index (χ3n) is 4.64. The molecule has 1 saturated heterocycles. The number of thiazole rings is 1. The van der Waals surface area contributed by atoms with Gasteiger partial charge >= 0.3 is 0 Å². The van der Waals surface area contributed by atoms with Crippen molar-refractivity contribution in [2.45, 2.75) is 19.8 Å². The topological polar surface area (TPSA) is 92.5 Å². The van der Waals surface area contributed by atoms with Crippen LogP contribution in [0.1, 0.15) is 18.6 Å². The molecule has 3 heterocycles. The summed E-state index contributed by atoms with van der Waals surface area (Å²) in [6, 6.07) is 3.65. The third-order valence-corrected chi connectivity index (χ3v) is 5.40. The van der Waals surface area contributed by atoms with E-state index in [-0.39, 0.29) is 30.2 Å². The number of anilines is 1. The van der Waals surface area contributed by atoms with Crippen molar-refractivity contribution in [3.05, 3.63) is 35.4 Å². The molecule has 2 atom stereocenters. The second-order valence-electron chi connectivity index (χ2n) is 6.41. The number of hydrogen-bond acceptors (Lipinski definition) is 6. The summed E-state index contributed by atoms with van der Waals surface area (Å²) in [4.78, 5) is 42.5. The minimum Gasteiger partial charge on any atom is -0.460 e. The molecule has 3 amide bonds. The number of likely N-dealkylation sites (tertiary alicyclic amines) is 1. The first-order valence-electron chi connectivity index (χ1n) is 8.35. The molecular weight excluding hydrogens is 354 g/mol. The van der Waals surface area contributed by atoms with Gasteiger partial charge in [0.2, 0.25) is 17.7 Å². The minimum atomic E-state index is -0.435. The van der Waals surface area contributed by atoms with E-state index in [4.69, 9.17) is 4.42 Å². The van der Waals surface area contributed by atoms with Gasteiger partial charge in [-0.2, -0.15) is 0 Å². The Morgan fingerprint density at radius 1 is 1.27 bits per heavy atom. The average Bonchev–Trinajstić information content (AvgIpc) is 3.32. The number of amides is 3. The summed E-state index contributed by atoms with van der Waals surface area (Å²) < 4.78 is 5.51. The molecule has 134 valence electrons. The smallest absolute Gasteiger partial charge is 0.246 e. The van der Waals surface area contributed by atoms with Gasteiger partial charge in [-0.25, -0.2) is 4.98 Å². The van der Waals surface area contributed by atoms with Crippen LogP contribution < -0.4 is 5.32 Å². The second-order valence-corrected chi connectivity index (χ2v) is 7.27. The van der Waals surface area contributed by atoms with Gasteiger partial charge in [-0.05, 0) is 31.9 Å². The van der Waals surface area contributed by atoms with Crippen LogP contribution in [-0.2, 0) is 14.4 Å². The molecule has 4 rings (SSSR count). The van der Waals surface area contributed by atoms with E-state index >= 15 is 0 Å². The molecule has 26 heavy (non-hydrogen) atoms. The SMILES string of the molecule is Cc1ccc(-c2csc(NC(=O)CN3C(=O)C4CC=CCC4C3=O)n2)o1. The molecule has 1 aliphatic carbocycles. The van der Waals surface area contributed by atoms with Crippen LogP contribution >= 0.6 is 11.3 Å². The number of furan rings is 1. The molecule has 1 aliphatic heterocycles. The van der Waals surface area contributed by atoms with Crippen LogP contribution in [-0.4, -0.2) is 34.2 Å². The molecule has 2 aliphatic rings. The maximum atomic E-state index is 12.4. The first kappa shape index (κ1) is 16.7. The van der Waals surface area contributed by atoms with E-state index in [9.17, 15) is 14.4 Å². The Balaban J connectivity index is 1.41. The van der Waals surface area contributed by atoms with Crippen molar-refractivity contribution in [2.75, 3.05) is 11.9 Å². The third kappa shape index (κ3) is 2.96. The Kier molecular flexibility index (Phi) is 4.20. The maximum Gasteiger partial charge on any atom is 0.246 e. The van der Waals surface area contributed by atoms with Gasteiger partial charge in [0.25, 0.3) is 0 Å². The molecular formula is C18H17N3O4S. The molecule has 8 heteroatoms. The average molecular weight is 371 g/mol. The lowest BCUT2D eigenvalue weighted by atomic mass is 9.85. The normalized spacial score (nSPS) is 22.0. The van der Waals surface area contributed by atoms with Gasteiger partial charge < -0.3 is 9.73 Å². The molecule has 0 bridgehead atoms. The van der Waals surface area contributed by atoms with Gasteiger partial charge in [-0.1, -0.05) is 12.2 Å². The van der Waals surface area contributed by atoms with Crippen molar-refractivity contribution in [3.8, 4) is 11.5 Å². The van der Waals surface area contributed by atoms with Crippen molar-refractivity contribution in [1.82, 2.24) is 9.88 Å². The van der Waals surface area contributed by atoms with E-state index in [0.29, 0.717) is 29.4 Å². The van der Waals surface area contributed by atoms with Crippen LogP contribution in [0.5, 0.6) is 0 Å². The largest absolute Gasteiger partial charge is 0.460 e. The van der Waals surface area contributed by atoms with Crippen LogP contribution in [0.15, 0.2) is 34.1 Å². The summed E-state index contributed by atoms with van der Waals surface area (Å²) in [5.74, 6) is -0.199. The van der Waals surface area contributed by atoms with Crippen molar-refractivity contribution < 1.29 is 18.8 Å². The zero-order valence-corrected chi connectivity index (χ0v) is 14.9. The number of imide groups is 1. The first-order chi connectivity index (χ1) is 12.5. The van der Waals surface area contributed by atoms with Crippen LogP contribution in [0.3, 0.4) is 0 Å². The van der Waals surface area contributed by atoms with Crippen molar-refractivity contribution in [3.63, 3.8) is 0 Å². The Morgan fingerprint density at radius 3 is 2.58 bits per heavy atom. The Hall–Kier alpha value is -2.74. The highest BCUT2D eigenvalue weighted by molar-refractivity contribution is 7.14. The van der Waals surface area contributed by atoms with Gasteiger partial charge in [-0.15, -0.1) is 11.3 Å². The lowest BCUT2D eigenvalue weighted by molar-refractivity contribution is -0.142. The van der Waals surface area contributed by atoms with Crippen molar-refractivity contribution in [2.24, 2.45) is 11.8 Å².